The fourth-order valence-electron chi connectivity index (χ4n) is 2.04. The van der Waals surface area contributed by atoms with Gasteiger partial charge in [-0.3, -0.25) is 4.79 Å². The van der Waals surface area contributed by atoms with Crippen molar-refractivity contribution in [3.8, 4) is 0 Å². The number of imidazole rings is 2. The zero-order valence-electron chi connectivity index (χ0n) is 10.9. The summed E-state index contributed by atoms with van der Waals surface area (Å²) in [4.78, 5) is 20.1. The van der Waals surface area contributed by atoms with Crippen molar-refractivity contribution >= 4 is 11.6 Å². The predicted molar refractivity (Wildman–Crippen MR) is 74.4 cm³/mol. The Bertz CT molecular complexity index is 701. The minimum absolute atomic E-state index is 0.0637. The lowest BCUT2D eigenvalue weighted by molar-refractivity contribution is 0.0952. The first-order chi connectivity index (χ1) is 9.83. The summed E-state index contributed by atoms with van der Waals surface area (Å²) in [5, 5.41) is 2.91. The van der Waals surface area contributed by atoms with Gasteiger partial charge in [0, 0.05) is 44.1 Å². The van der Waals surface area contributed by atoms with Crippen molar-refractivity contribution in [2.75, 3.05) is 6.54 Å². The maximum Gasteiger partial charge on any atom is 0.252 e. The molecule has 0 saturated carbocycles. The molecule has 0 spiro atoms. The first-order valence-corrected chi connectivity index (χ1v) is 6.49. The van der Waals surface area contributed by atoms with Crippen LogP contribution in [0.3, 0.4) is 0 Å². The zero-order valence-corrected chi connectivity index (χ0v) is 10.9. The van der Waals surface area contributed by atoms with Crippen molar-refractivity contribution in [3.63, 3.8) is 0 Å². The Balaban J connectivity index is 1.53. The Morgan fingerprint density at radius 1 is 1.25 bits per heavy atom. The summed E-state index contributed by atoms with van der Waals surface area (Å²) in [5.74, 6) is -0.0637. The van der Waals surface area contributed by atoms with E-state index in [1.54, 1.807) is 31.0 Å². The average molecular weight is 269 g/mol. The highest BCUT2D eigenvalue weighted by Gasteiger charge is 2.05. The van der Waals surface area contributed by atoms with E-state index >= 15 is 0 Å². The number of carbonyl (C=O) groups excluding carboxylic acids is 1. The molecule has 0 atom stereocenters. The molecule has 102 valence electrons. The number of aromatic nitrogens is 4. The second kappa shape index (κ2) is 5.56. The van der Waals surface area contributed by atoms with Gasteiger partial charge >= 0.3 is 0 Å². The third kappa shape index (κ3) is 2.69. The number of pyridine rings is 1. The molecule has 3 rings (SSSR count). The fourth-order valence-corrected chi connectivity index (χ4v) is 2.04. The Kier molecular flexibility index (Phi) is 3.45. The lowest BCUT2D eigenvalue weighted by Crippen LogP contribution is -2.25. The van der Waals surface area contributed by atoms with Gasteiger partial charge in [-0.15, -0.1) is 0 Å². The van der Waals surface area contributed by atoms with Crippen molar-refractivity contribution in [2.24, 2.45) is 0 Å². The zero-order chi connectivity index (χ0) is 13.8. The van der Waals surface area contributed by atoms with Crippen LogP contribution in [-0.4, -0.2) is 31.4 Å². The van der Waals surface area contributed by atoms with E-state index in [4.69, 9.17) is 0 Å². The minimum atomic E-state index is -0.0637. The van der Waals surface area contributed by atoms with E-state index in [-0.39, 0.29) is 5.91 Å². The van der Waals surface area contributed by atoms with Gasteiger partial charge < -0.3 is 14.3 Å². The van der Waals surface area contributed by atoms with E-state index in [9.17, 15) is 4.79 Å². The van der Waals surface area contributed by atoms with Gasteiger partial charge in [-0.2, -0.15) is 0 Å². The molecule has 0 bridgehead atoms. The predicted octanol–water partition coefficient (Wildman–Crippen LogP) is 1.35. The third-order valence-corrected chi connectivity index (χ3v) is 3.09. The molecule has 0 aliphatic carbocycles. The fraction of sp³-hybridized carbons (Fsp3) is 0.214. The maximum atomic E-state index is 12.0. The van der Waals surface area contributed by atoms with Crippen LogP contribution in [0, 0.1) is 0 Å². The molecule has 20 heavy (non-hydrogen) atoms. The van der Waals surface area contributed by atoms with Crippen LogP contribution in [0.1, 0.15) is 16.8 Å². The number of nitrogens with zero attached hydrogens (tertiary/aromatic N) is 4. The molecular weight excluding hydrogens is 254 g/mol. The van der Waals surface area contributed by atoms with Crippen molar-refractivity contribution in [1.82, 2.24) is 24.3 Å². The van der Waals surface area contributed by atoms with Crippen LogP contribution in [0.15, 0.2) is 49.4 Å². The van der Waals surface area contributed by atoms with Crippen molar-refractivity contribution in [1.29, 1.82) is 0 Å². The van der Waals surface area contributed by atoms with Gasteiger partial charge in [0.05, 0.1) is 11.9 Å². The summed E-state index contributed by atoms with van der Waals surface area (Å²) in [6.07, 6.45) is 11.6. The van der Waals surface area contributed by atoms with Gasteiger partial charge in [0.25, 0.3) is 5.91 Å². The Morgan fingerprint density at radius 2 is 2.20 bits per heavy atom. The average Bonchev–Trinajstić information content (AvgIpc) is 3.13. The summed E-state index contributed by atoms with van der Waals surface area (Å²) in [6, 6.07) is 3.62. The van der Waals surface area contributed by atoms with E-state index < -0.39 is 0 Å². The molecule has 3 aromatic rings. The van der Waals surface area contributed by atoms with Crippen molar-refractivity contribution < 1.29 is 4.79 Å². The summed E-state index contributed by atoms with van der Waals surface area (Å²) in [6.45, 7) is 1.49. The van der Waals surface area contributed by atoms with Gasteiger partial charge in [0.2, 0.25) is 0 Å². The largest absolute Gasteiger partial charge is 0.352 e. The Hall–Kier alpha value is -2.63. The minimum Gasteiger partial charge on any atom is -0.352 e. The smallest absolute Gasteiger partial charge is 0.252 e. The van der Waals surface area contributed by atoms with Crippen LogP contribution < -0.4 is 5.32 Å². The van der Waals surface area contributed by atoms with Crippen molar-refractivity contribution in [2.45, 2.75) is 13.0 Å². The van der Waals surface area contributed by atoms with Gasteiger partial charge in [-0.1, -0.05) is 0 Å². The molecule has 0 unspecified atom stereocenters. The second-order valence-corrected chi connectivity index (χ2v) is 4.52. The first-order valence-electron chi connectivity index (χ1n) is 6.49. The molecule has 0 aliphatic rings. The number of fused-ring (bicyclic) bond motifs is 1. The normalized spacial score (nSPS) is 10.8. The van der Waals surface area contributed by atoms with Crippen LogP contribution >= 0.6 is 0 Å². The molecule has 0 aliphatic heterocycles. The summed E-state index contributed by atoms with van der Waals surface area (Å²) < 4.78 is 3.82. The number of hydrogen-bond donors (Lipinski definition) is 1. The van der Waals surface area contributed by atoms with Gasteiger partial charge in [0.1, 0.15) is 5.65 Å². The Morgan fingerprint density at radius 3 is 3.05 bits per heavy atom. The topological polar surface area (TPSA) is 64.2 Å². The summed E-state index contributed by atoms with van der Waals surface area (Å²) in [5.41, 5.74) is 1.47. The number of hydrogen-bond acceptors (Lipinski definition) is 3. The summed E-state index contributed by atoms with van der Waals surface area (Å²) in [7, 11) is 0. The van der Waals surface area contributed by atoms with Crippen LogP contribution in [0.25, 0.3) is 5.65 Å². The van der Waals surface area contributed by atoms with Crippen LogP contribution in [-0.2, 0) is 6.54 Å². The molecule has 3 aromatic heterocycles. The van der Waals surface area contributed by atoms with Crippen LogP contribution in [0.2, 0.25) is 0 Å². The maximum absolute atomic E-state index is 12.0. The number of aryl methyl sites for hydroxylation is 1. The highest BCUT2D eigenvalue weighted by atomic mass is 16.1. The van der Waals surface area contributed by atoms with Crippen molar-refractivity contribution in [3.05, 3.63) is 55.0 Å². The first kappa shape index (κ1) is 12.4. The molecule has 1 amide bonds. The molecule has 3 heterocycles. The third-order valence-electron chi connectivity index (χ3n) is 3.09. The number of rotatable bonds is 5. The SMILES string of the molecule is O=C(NCCCn1ccnc1)c1ccc2nccn2c1. The van der Waals surface area contributed by atoms with E-state index in [0.717, 1.165) is 18.6 Å². The summed E-state index contributed by atoms with van der Waals surface area (Å²) >= 11 is 0. The molecule has 1 N–H and O–H groups in total. The molecule has 0 fully saturated rings. The highest BCUT2D eigenvalue weighted by Crippen LogP contribution is 2.04. The van der Waals surface area contributed by atoms with E-state index in [1.807, 2.05) is 27.4 Å². The van der Waals surface area contributed by atoms with Crippen LogP contribution in [0.5, 0.6) is 0 Å². The lowest BCUT2D eigenvalue weighted by atomic mass is 10.2. The van der Waals surface area contributed by atoms with E-state index in [0.29, 0.717) is 12.1 Å². The highest BCUT2D eigenvalue weighted by molar-refractivity contribution is 5.94. The molecule has 0 radical (unpaired) electrons. The van der Waals surface area contributed by atoms with Crippen LogP contribution in [0.4, 0.5) is 0 Å². The lowest BCUT2D eigenvalue weighted by Gasteiger charge is -2.06. The standard InChI is InChI=1S/C14H15N5O/c20-14(17-4-1-7-18-8-5-15-11-18)12-2-3-13-16-6-9-19(13)10-12/h2-3,5-6,8-11H,1,4,7H2,(H,17,20). The van der Waals surface area contributed by atoms with Gasteiger partial charge in [0.15, 0.2) is 0 Å². The number of nitrogens with one attached hydrogen (secondary N) is 1. The molecule has 6 nitrogen and oxygen atoms in total. The van der Waals surface area contributed by atoms with Gasteiger partial charge in [-0.25, -0.2) is 9.97 Å². The quantitative estimate of drug-likeness (QED) is 0.711. The second-order valence-electron chi connectivity index (χ2n) is 4.52. The number of carbonyl (C=O) groups is 1. The molecule has 6 heteroatoms. The monoisotopic (exact) mass is 269 g/mol. The van der Waals surface area contributed by atoms with E-state index in [1.165, 1.54) is 0 Å². The van der Waals surface area contributed by atoms with E-state index in [2.05, 4.69) is 15.3 Å². The molecule has 0 saturated heterocycles. The Labute approximate surface area is 116 Å². The molecule has 0 aromatic carbocycles. The molecular formula is C14H15N5O. The van der Waals surface area contributed by atoms with Gasteiger partial charge in [-0.05, 0) is 18.6 Å². The number of amides is 1.